The van der Waals surface area contributed by atoms with E-state index in [2.05, 4.69) is 26.5 Å². The van der Waals surface area contributed by atoms with Crippen molar-refractivity contribution in [3.8, 4) is 6.07 Å². The van der Waals surface area contributed by atoms with Crippen molar-refractivity contribution < 1.29 is 9.47 Å². The van der Waals surface area contributed by atoms with Gasteiger partial charge in [-0.3, -0.25) is 4.90 Å². The summed E-state index contributed by atoms with van der Waals surface area (Å²) < 4.78 is 10.8. The fourth-order valence-electron chi connectivity index (χ4n) is 2.94. The predicted molar refractivity (Wildman–Crippen MR) is 89.2 cm³/mol. The molecule has 0 atom stereocenters. The highest BCUT2D eigenvalue weighted by Gasteiger charge is 2.17. The highest BCUT2D eigenvalue weighted by molar-refractivity contribution is 4.75. The minimum Gasteiger partial charge on any atom is -0.350 e. The van der Waals surface area contributed by atoms with Crippen LogP contribution in [-0.2, 0) is 9.47 Å². The molecule has 0 spiro atoms. The molecule has 0 unspecified atom stereocenters. The van der Waals surface area contributed by atoms with E-state index >= 15 is 0 Å². The number of nitrogens with zero attached hydrogens (tertiary/aromatic N) is 3. The van der Waals surface area contributed by atoms with E-state index in [0.717, 1.165) is 85.1 Å². The average molecular weight is 325 g/mol. The lowest BCUT2D eigenvalue weighted by atomic mass is 10.3. The van der Waals surface area contributed by atoms with Crippen molar-refractivity contribution in [1.82, 2.24) is 20.4 Å². The molecule has 132 valence electrons. The third kappa shape index (κ3) is 8.06. The first-order valence-corrected chi connectivity index (χ1v) is 8.85. The van der Waals surface area contributed by atoms with E-state index in [1.807, 2.05) is 0 Å². The molecule has 23 heavy (non-hydrogen) atoms. The lowest BCUT2D eigenvalue weighted by Crippen LogP contribution is -2.44. The van der Waals surface area contributed by atoms with Crippen LogP contribution >= 0.6 is 0 Å². The first-order valence-electron chi connectivity index (χ1n) is 8.85. The van der Waals surface area contributed by atoms with Gasteiger partial charge < -0.3 is 25.0 Å². The third-order valence-electron chi connectivity index (χ3n) is 4.33. The molecular weight excluding hydrogens is 294 g/mol. The van der Waals surface area contributed by atoms with Gasteiger partial charge in [0, 0.05) is 78.3 Å². The Morgan fingerprint density at radius 1 is 0.870 bits per heavy atom. The molecule has 3 aliphatic heterocycles. The smallest absolute Gasteiger partial charge is 0.159 e. The number of nitrogens with one attached hydrogen (secondary N) is 2. The second-order valence-corrected chi connectivity index (χ2v) is 6.05. The topological polar surface area (TPSA) is 72.8 Å². The number of hydrogen-bond acceptors (Lipinski definition) is 7. The van der Waals surface area contributed by atoms with Gasteiger partial charge in [0.15, 0.2) is 6.29 Å². The van der Waals surface area contributed by atoms with E-state index in [9.17, 15) is 0 Å². The van der Waals surface area contributed by atoms with Gasteiger partial charge in [0.1, 0.15) is 0 Å². The quantitative estimate of drug-likeness (QED) is 0.703. The Kier molecular flexibility index (Phi) is 9.48. The first kappa shape index (κ1) is 18.6. The highest BCUT2D eigenvalue weighted by Crippen LogP contribution is 2.08. The summed E-state index contributed by atoms with van der Waals surface area (Å²) in [5, 5.41) is 14.9. The third-order valence-corrected chi connectivity index (χ3v) is 4.33. The van der Waals surface area contributed by atoms with Gasteiger partial charge in [-0.15, -0.1) is 0 Å². The lowest BCUT2D eigenvalue weighted by molar-refractivity contribution is -0.0519. The van der Waals surface area contributed by atoms with E-state index in [0.29, 0.717) is 6.42 Å². The molecule has 3 fully saturated rings. The van der Waals surface area contributed by atoms with Crippen molar-refractivity contribution in [3.63, 3.8) is 0 Å². The van der Waals surface area contributed by atoms with Crippen molar-refractivity contribution in [3.05, 3.63) is 0 Å². The van der Waals surface area contributed by atoms with Crippen LogP contribution in [0.25, 0.3) is 0 Å². The molecule has 2 N–H and O–H groups in total. The molecule has 3 rings (SSSR count). The van der Waals surface area contributed by atoms with Crippen molar-refractivity contribution >= 4 is 0 Å². The summed E-state index contributed by atoms with van der Waals surface area (Å²) in [5.41, 5.74) is 0. The molecule has 0 aliphatic carbocycles. The van der Waals surface area contributed by atoms with E-state index in [1.165, 1.54) is 0 Å². The van der Waals surface area contributed by atoms with Crippen LogP contribution in [0.1, 0.15) is 12.8 Å². The summed E-state index contributed by atoms with van der Waals surface area (Å²) in [7, 11) is 0. The van der Waals surface area contributed by atoms with Gasteiger partial charge in [0.2, 0.25) is 0 Å². The number of piperazine rings is 2. The monoisotopic (exact) mass is 325 g/mol. The van der Waals surface area contributed by atoms with Crippen LogP contribution in [0.2, 0.25) is 0 Å². The number of rotatable bonds is 5. The number of hydrogen-bond donors (Lipinski definition) is 2. The Hall–Kier alpha value is -0.750. The Morgan fingerprint density at radius 2 is 1.39 bits per heavy atom. The zero-order valence-electron chi connectivity index (χ0n) is 14.1. The Morgan fingerprint density at radius 3 is 1.91 bits per heavy atom. The van der Waals surface area contributed by atoms with Crippen LogP contribution in [-0.4, -0.2) is 94.8 Å². The van der Waals surface area contributed by atoms with E-state index < -0.39 is 0 Å². The Balaban J connectivity index is 0.000000174. The molecule has 0 aromatic heterocycles. The molecule has 3 heterocycles. The number of ether oxygens (including phenoxy) is 2. The molecular formula is C16H31N5O2. The van der Waals surface area contributed by atoms with Crippen LogP contribution in [0.5, 0.6) is 0 Å². The minimum atomic E-state index is 0.0647. The molecule has 7 heteroatoms. The van der Waals surface area contributed by atoms with Crippen LogP contribution in [0.15, 0.2) is 0 Å². The van der Waals surface area contributed by atoms with Crippen LogP contribution in [0.3, 0.4) is 0 Å². The second kappa shape index (κ2) is 11.7. The number of nitriles is 1. The predicted octanol–water partition coefficient (Wildman–Crippen LogP) is -0.540. The molecule has 0 aromatic carbocycles. The van der Waals surface area contributed by atoms with Crippen molar-refractivity contribution in [2.45, 2.75) is 19.1 Å². The molecule has 0 radical (unpaired) electrons. The molecule has 0 bridgehead atoms. The van der Waals surface area contributed by atoms with E-state index in [4.69, 9.17) is 14.7 Å². The van der Waals surface area contributed by atoms with Crippen molar-refractivity contribution in [2.75, 3.05) is 78.7 Å². The summed E-state index contributed by atoms with van der Waals surface area (Å²) in [5.74, 6) is 0. The van der Waals surface area contributed by atoms with Crippen LogP contribution < -0.4 is 10.6 Å². The summed E-state index contributed by atoms with van der Waals surface area (Å²) in [6.45, 7) is 12.5. The van der Waals surface area contributed by atoms with Gasteiger partial charge in [-0.05, 0) is 0 Å². The van der Waals surface area contributed by atoms with Gasteiger partial charge in [-0.1, -0.05) is 0 Å². The average Bonchev–Trinajstić information content (AvgIpc) is 3.14. The Bertz CT molecular complexity index is 332. The largest absolute Gasteiger partial charge is 0.350 e. The standard InChI is InChI=1S/C9H18N2O2.C7H13N3/c1(9-12-7-8-13-9)4-11-5-2-10-3-6-11;8-2-1-5-10-6-3-9-4-7-10/h9-10H,1-8H2;9H,1,3-7H2. The van der Waals surface area contributed by atoms with Crippen molar-refractivity contribution in [2.24, 2.45) is 0 Å². The second-order valence-electron chi connectivity index (χ2n) is 6.05. The van der Waals surface area contributed by atoms with Gasteiger partial charge in [-0.2, -0.15) is 5.26 Å². The molecule has 0 amide bonds. The van der Waals surface area contributed by atoms with Crippen LogP contribution in [0.4, 0.5) is 0 Å². The molecule has 7 nitrogen and oxygen atoms in total. The van der Waals surface area contributed by atoms with E-state index in [-0.39, 0.29) is 6.29 Å². The fourth-order valence-corrected chi connectivity index (χ4v) is 2.94. The SMILES string of the molecule is C1CN(CCC2OCCO2)CCN1.N#CCCN1CCNCC1. The molecule has 3 aliphatic rings. The van der Waals surface area contributed by atoms with Gasteiger partial charge in [0.25, 0.3) is 0 Å². The minimum absolute atomic E-state index is 0.0647. The summed E-state index contributed by atoms with van der Waals surface area (Å²) in [6.07, 6.45) is 1.75. The normalized spacial score (nSPS) is 24.0. The maximum absolute atomic E-state index is 8.30. The van der Waals surface area contributed by atoms with Gasteiger partial charge in [-0.25, -0.2) is 0 Å². The van der Waals surface area contributed by atoms with Gasteiger partial charge in [0.05, 0.1) is 19.3 Å². The van der Waals surface area contributed by atoms with Crippen LogP contribution in [0, 0.1) is 11.3 Å². The zero-order valence-corrected chi connectivity index (χ0v) is 14.1. The van der Waals surface area contributed by atoms with Gasteiger partial charge >= 0.3 is 0 Å². The first-order chi connectivity index (χ1) is 11.4. The van der Waals surface area contributed by atoms with Crippen molar-refractivity contribution in [1.29, 1.82) is 5.26 Å². The summed E-state index contributed by atoms with van der Waals surface area (Å²) in [6, 6.07) is 2.15. The Labute approximate surface area is 139 Å². The van der Waals surface area contributed by atoms with E-state index in [1.54, 1.807) is 0 Å². The fraction of sp³-hybridized carbons (Fsp3) is 0.938. The highest BCUT2D eigenvalue weighted by atomic mass is 16.7. The maximum atomic E-state index is 8.30. The maximum Gasteiger partial charge on any atom is 0.159 e. The molecule has 0 aromatic rings. The summed E-state index contributed by atoms with van der Waals surface area (Å²) >= 11 is 0. The zero-order chi connectivity index (χ0) is 16.2. The lowest BCUT2D eigenvalue weighted by Gasteiger charge is -2.27. The molecule has 3 saturated heterocycles. The summed E-state index contributed by atoms with van der Waals surface area (Å²) in [4.78, 5) is 4.78. The molecule has 0 saturated carbocycles.